The number of fused-ring (bicyclic) bond motifs is 84. The largest absolute Gasteiger partial charge is 0.464 e. The average molecular weight is 2110 g/mol. The number of H-pyrrole nitrogens is 2. The van der Waals surface area contributed by atoms with Crippen LogP contribution in [-0.2, 0) is 6.42 Å². The number of nitrogens with zero attached hydrogens (tertiary/aromatic N) is 3. The molecule has 13 aromatic carbocycles. The molecule has 0 bridgehead atoms. The molecule has 144 heavy (non-hydrogen) atoms. The molecule has 0 radical (unpaired) electrons. The molecule has 0 saturated carbocycles. The molecule has 0 atom stereocenters. The zero-order valence-corrected chi connectivity index (χ0v) is 86.6. The van der Waals surface area contributed by atoms with Crippen LogP contribution in [0.4, 0.5) is 0 Å². The molecule has 0 amide bonds. The molecule has 8 nitrogen and oxygen atoms in total. The molecule has 2 N–H and O–H groups in total. The molecule has 672 valence electrons. The van der Waals surface area contributed by atoms with E-state index in [1.165, 1.54) is 330 Å². The molecule has 23 heteroatoms. The van der Waals surface area contributed by atoms with E-state index in [1.54, 1.807) is 34.0 Å². The number of nitrogens with one attached hydrogen (secondary N) is 2. The highest BCUT2D eigenvalue weighted by Gasteiger charge is 2.34. The van der Waals surface area contributed by atoms with Crippen LogP contribution in [0.1, 0.15) is 11.1 Å². The number of allylic oxidation sites excluding steroid dienone is 1. The Morgan fingerprint density at radius 3 is 0.806 bits per heavy atom. The van der Waals surface area contributed by atoms with Gasteiger partial charge >= 0.3 is 0 Å². The van der Waals surface area contributed by atoms with Gasteiger partial charge in [0.05, 0.1) is 77.0 Å². The van der Waals surface area contributed by atoms with Crippen molar-refractivity contribution in [2.45, 2.75) is 6.42 Å². The summed E-state index contributed by atoms with van der Waals surface area (Å²) in [6.07, 6.45) is 22.1. The van der Waals surface area contributed by atoms with Crippen LogP contribution in [0.25, 0.3) is 358 Å². The lowest BCUT2D eigenvalue weighted by Gasteiger charge is -2.18. The standard InChI is InChI=1S/C31H16N2S3.C30H15N3S3.C30H12O3S3.C30H12S6/c1-2-14-15(3-1)21-24(29-16(14)6-11-34-29)22-17-4-9-32-27(17)20-8-13-36-31(20)26(22)23-18-5-10-33-28(18)19-7-12-35-30(19)25(21)23;1-4-16-22-25(28-19(7-13-34-28)31(16)10-1)23-17-5-2-12-33(17)21-9-15-36-30(21)27(23)24-18-6-3-11-32(18)20-8-14-35-29(20)26(22)24;2*1-7-31-25-13(1)19-22(28-16(25)4-10-34-28)20-14-2-9-33-27(14)18-6-12-36-30(18)24(20)21-15-3-8-32-26(15)17-5-11-35-29(17)23(19)21/h1,3-13,32-33H,2H2;1-15H;2*1-12H. The molecular weight excluding hydrogens is 2050 g/mol. The van der Waals surface area contributed by atoms with E-state index < -0.39 is 0 Å². The Bertz CT molecular complexity index is 10500. The van der Waals surface area contributed by atoms with Gasteiger partial charge in [-0.25, -0.2) is 0 Å². The molecule has 39 aromatic rings. The third-order valence-electron chi connectivity index (χ3n) is 31.6. The van der Waals surface area contributed by atoms with Crippen molar-refractivity contribution in [3.05, 3.63) is 305 Å². The first-order valence-electron chi connectivity index (χ1n) is 47.3. The SMILES string of the molecule is C1=Cc2c(c3ccsc3c3c2c2c4sccc4c4[nH]ccc4c2c2c4sccc4c4[nH]ccc4c32)C1.c1cc2c(o1)c1ccsc1c1c2c2c3sccc3c3occc3c2c2c3sccc3c3occc3c12.c1cc2c(s1)c1ccsc1c1c2c2c3sccc3c3sccc3c2c2c3sccc3c3sccc3c12.c1cc2c3c(c4sccc4n2c1)c1c(c2sccc2n2cccc12)c1c3c2sccc2n2cccc12. The second-order valence-corrected chi connectivity index (χ2v) is 51.4. The van der Waals surface area contributed by atoms with E-state index in [-0.39, 0.29) is 0 Å². The predicted octanol–water partition coefficient (Wildman–Crippen LogP) is 43.3. The van der Waals surface area contributed by atoms with Gasteiger partial charge in [-0.1, -0.05) is 12.2 Å². The van der Waals surface area contributed by atoms with Crippen molar-refractivity contribution < 1.29 is 13.3 Å². The van der Waals surface area contributed by atoms with Gasteiger partial charge in [0, 0.05) is 303 Å². The first-order valence-corrected chi connectivity index (χ1v) is 60.5. The van der Waals surface area contributed by atoms with Gasteiger partial charge in [-0.15, -0.1) is 170 Å². The number of furan rings is 3. The van der Waals surface area contributed by atoms with Gasteiger partial charge in [-0.3, -0.25) is 0 Å². The topological polar surface area (TPSA) is 84.2 Å². The molecule has 1 aliphatic carbocycles. The lowest BCUT2D eigenvalue weighted by molar-refractivity contribution is 0.619. The van der Waals surface area contributed by atoms with E-state index in [0.717, 1.165) is 39.3 Å². The van der Waals surface area contributed by atoms with Gasteiger partial charge in [0.2, 0.25) is 0 Å². The van der Waals surface area contributed by atoms with Crippen molar-refractivity contribution >= 4 is 528 Å². The third-order valence-corrected chi connectivity index (χ3v) is 45.6. The Labute approximate surface area is 867 Å². The minimum absolute atomic E-state index is 0.956. The third kappa shape index (κ3) is 9.53. The van der Waals surface area contributed by atoms with Crippen LogP contribution in [0, 0.1) is 0 Å². The number of thiophene rings is 15. The van der Waals surface area contributed by atoms with Crippen LogP contribution < -0.4 is 0 Å². The van der Waals surface area contributed by atoms with Crippen LogP contribution in [0.3, 0.4) is 0 Å². The van der Waals surface area contributed by atoms with E-state index in [9.17, 15) is 0 Å². The highest BCUT2D eigenvalue weighted by Crippen LogP contribution is 2.62. The molecule has 40 rings (SSSR count). The summed E-state index contributed by atoms with van der Waals surface area (Å²) in [4.78, 5) is 7.19. The monoisotopic (exact) mass is 2110 g/mol. The molecule has 1 aliphatic rings. The number of hydrogen-bond donors (Lipinski definition) is 2. The quantitative estimate of drug-likeness (QED) is 0.148. The highest BCUT2D eigenvalue weighted by molar-refractivity contribution is 7.26. The second kappa shape index (κ2) is 28.2. The number of pyridine rings is 3. The van der Waals surface area contributed by atoms with E-state index in [4.69, 9.17) is 13.3 Å². The molecular formula is C121H55N5O3S15. The van der Waals surface area contributed by atoms with Crippen molar-refractivity contribution in [1.29, 1.82) is 0 Å². The molecule has 0 aliphatic heterocycles. The van der Waals surface area contributed by atoms with Crippen molar-refractivity contribution in [3.8, 4) is 0 Å². The lowest BCUT2D eigenvalue weighted by Crippen LogP contribution is -1.95. The zero-order chi connectivity index (χ0) is 92.5. The predicted molar refractivity (Wildman–Crippen MR) is 645 cm³/mol. The van der Waals surface area contributed by atoms with E-state index in [2.05, 4.69) is 305 Å². The summed E-state index contributed by atoms with van der Waals surface area (Å²) in [5.74, 6) is 0. The maximum atomic E-state index is 6.13. The fourth-order valence-electron chi connectivity index (χ4n) is 26.5. The Hall–Kier alpha value is -13.9. The Kier molecular flexibility index (Phi) is 15.4. The number of aromatic nitrogens is 5. The first-order chi connectivity index (χ1) is 71.6. The number of rotatable bonds is 0. The minimum Gasteiger partial charge on any atom is -0.464 e. The van der Waals surface area contributed by atoms with Gasteiger partial charge in [-0.2, -0.15) is 0 Å². The summed E-state index contributed by atoms with van der Waals surface area (Å²) in [6.45, 7) is 0. The maximum Gasteiger partial charge on any atom is 0.143 e. The van der Waals surface area contributed by atoms with Gasteiger partial charge in [-0.05, 0) is 261 Å². The van der Waals surface area contributed by atoms with E-state index >= 15 is 0 Å². The van der Waals surface area contributed by atoms with Gasteiger partial charge in [0.15, 0.2) is 0 Å². The minimum atomic E-state index is 0.956. The Morgan fingerprint density at radius 2 is 0.451 bits per heavy atom. The summed E-state index contributed by atoms with van der Waals surface area (Å²) < 4.78 is 46.2. The average Bonchev–Trinajstić information content (AvgIpc) is 1.46. The maximum absolute atomic E-state index is 6.13. The summed E-state index contributed by atoms with van der Waals surface area (Å²) in [5.41, 5.74) is 16.0. The highest BCUT2D eigenvalue weighted by atomic mass is 32.2. The molecule has 26 heterocycles. The van der Waals surface area contributed by atoms with Crippen LogP contribution in [0.5, 0.6) is 0 Å². The van der Waals surface area contributed by atoms with Crippen molar-refractivity contribution in [2.75, 3.05) is 0 Å². The lowest BCUT2D eigenvalue weighted by atomic mass is 9.86. The van der Waals surface area contributed by atoms with Gasteiger partial charge in [0.1, 0.15) is 16.7 Å². The van der Waals surface area contributed by atoms with Gasteiger partial charge in [0.25, 0.3) is 0 Å². The molecule has 0 spiro atoms. The number of benzene rings is 13. The number of hydrogen-bond acceptors (Lipinski definition) is 18. The molecule has 0 fully saturated rings. The van der Waals surface area contributed by atoms with E-state index in [1.807, 2.05) is 155 Å². The number of aromatic amines is 2. The Morgan fingerprint density at radius 1 is 0.194 bits per heavy atom. The van der Waals surface area contributed by atoms with E-state index in [0.29, 0.717) is 0 Å². The normalized spacial score (nSPS) is 13.2. The first kappa shape index (κ1) is 78.6. The summed E-state index contributed by atoms with van der Waals surface area (Å²) in [5, 5.41) is 89.1. The summed E-state index contributed by atoms with van der Waals surface area (Å²) in [6, 6.07) is 58.9. The summed E-state index contributed by atoms with van der Waals surface area (Å²) >= 11 is 28.0. The zero-order valence-electron chi connectivity index (χ0n) is 74.3. The molecule has 26 aromatic heterocycles. The molecule has 0 saturated heterocycles. The fourth-order valence-corrected chi connectivity index (χ4v) is 40.9. The van der Waals surface area contributed by atoms with Crippen LogP contribution in [-0.4, -0.2) is 23.2 Å². The second-order valence-electron chi connectivity index (χ2n) is 37.7. The Balaban J connectivity index is 0.0000000789. The molecule has 0 unspecified atom stereocenters. The smallest absolute Gasteiger partial charge is 0.143 e. The van der Waals surface area contributed by atoms with Crippen molar-refractivity contribution in [3.63, 3.8) is 0 Å². The fraction of sp³-hybridized carbons (Fsp3) is 0.00826. The van der Waals surface area contributed by atoms with Crippen LogP contribution >= 0.6 is 170 Å². The van der Waals surface area contributed by atoms with Crippen LogP contribution in [0.2, 0.25) is 0 Å². The van der Waals surface area contributed by atoms with Crippen molar-refractivity contribution in [1.82, 2.24) is 23.2 Å². The summed E-state index contributed by atoms with van der Waals surface area (Å²) in [7, 11) is 0. The van der Waals surface area contributed by atoms with Crippen LogP contribution in [0.15, 0.2) is 308 Å². The van der Waals surface area contributed by atoms with Crippen molar-refractivity contribution in [2.24, 2.45) is 0 Å². The van der Waals surface area contributed by atoms with Gasteiger partial charge < -0.3 is 36.4 Å².